The van der Waals surface area contributed by atoms with E-state index in [1.165, 1.54) is 43.3 Å². The molecule has 0 bridgehead atoms. The number of hydrogen-bond donors (Lipinski definition) is 2. The van der Waals surface area contributed by atoms with Gasteiger partial charge in [-0.15, -0.1) is 8.78 Å². The molecule has 2 N–H and O–H groups in total. The minimum absolute atomic E-state index is 0.0836. The molecule has 13 heteroatoms. The number of non-ortho nitro benzene ring substituents is 1. The number of carbonyl (C=O) groups excluding carboxylic acids is 3. The van der Waals surface area contributed by atoms with Crippen LogP contribution in [0.2, 0.25) is 0 Å². The Morgan fingerprint density at radius 1 is 1.16 bits per heavy atom. The zero-order chi connectivity index (χ0) is 23.3. The lowest BCUT2D eigenvalue weighted by molar-refractivity contribution is -0.384. The molecular weight excluding hydrogens is 434 g/mol. The SMILES string of the molecule is CC1(c2ccc([N+](=O)[O-])cc2)NC(=O)N(CC(=O)Nc2ccc3c(c2)OC(F)(F)O3)C1=O. The average Bonchev–Trinajstić information content (AvgIpc) is 3.14. The van der Waals surface area contributed by atoms with Gasteiger partial charge in [-0.3, -0.25) is 24.6 Å². The Bertz CT molecular complexity index is 1150. The number of alkyl halides is 2. The van der Waals surface area contributed by atoms with Crippen molar-refractivity contribution in [3.63, 3.8) is 0 Å². The molecule has 1 atom stereocenters. The Morgan fingerprint density at radius 2 is 1.81 bits per heavy atom. The molecule has 0 spiro atoms. The maximum Gasteiger partial charge on any atom is 0.586 e. The molecule has 0 saturated carbocycles. The maximum atomic E-state index is 13.1. The first-order valence-electron chi connectivity index (χ1n) is 9.07. The van der Waals surface area contributed by atoms with E-state index in [2.05, 4.69) is 20.1 Å². The van der Waals surface area contributed by atoms with Crippen LogP contribution in [0.15, 0.2) is 42.5 Å². The van der Waals surface area contributed by atoms with E-state index in [4.69, 9.17) is 0 Å². The Labute approximate surface area is 178 Å². The third-order valence-electron chi connectivity index (χ3n) is 4.92. The number of carbonyl (C=O) groups is 3. The first kappa shape index (κ1) is 21.0. The Hall–Kier alpha value is -4.29. The fourth-order valence-corrected chi connectivity index (χ4v) is 3.32. The van der Waals surface area contributed by atoms with Crippen molar-refractivity contribution in [1.29, 1.82) is 0 Å². The lowest BCUT2D eigenvalue weighted by Gasteiger charge is -2.22. The molecule has 0 aliphatic carbocycles. The van der Waals surface area contributed by atoms with Gasteiger partial charge in [-0.2, -0.15) is 0 Å². The topological polar surface area (TPSA) is 140 Å². The number of nitro benzene ring substituents is 1. The van der Waals surface area contributed by atoms with Gasteiger partial charge in [0.2, 0.25) is 5.91 Å². The van der Waals surface area contributed by atoms with E-state index < -0.39 is 41.1 Å². The van der Waals surface area contributed by atoms with Gasteiger partial charge in [-0.25, -0.2) is 4.79 Å². The van der Waals surface area contributed by atoms with Crippen molar-refractivity contribution in [1.82, 2.24) is 10.2 Å². The van der Waals surface area contributed by atoms with Gasteiger partial charge in [0, 0.05) is 23.9 Å². The van der Waals surface area contributed by atoms with Crippen LogP contribution in [0.25, 0.3) is 0 Å². The van der Waals surface area contributed by atoms with Crippen molar-refractivity contribution < 1.29 is 37.6 Å². The summed E-state index contributed by atoms with van der Waals surface area (Å²) in [7, 11) is 0. The number of nitro groups is 1. The lowest BCUT2D eigenvalue weighted by atomic mass is 9.92. The molecule has 32 heavy (non-hydrogen) atoms. The highest BCUT2D eigenvalue weighted by atomic mass is 19.3. The van der Waals surface area contributed by atoms with Crippen molar-refractivity contribution in [3.05, 3.63) is 58.1 Å². The first-order chi connectivity index (χ1) is 15.0. The zero-order valence-corrected chi connectivity index (χ0v) is 16.3. The molecule has 166 valence electrons. The molecular formula is C19H14F2N4O7. The standard InChI is InChI=1S/C19H14F2N4O7/c1-18(10-2-5-12(6-3-10)25(29)30)16(27)24(17(28)23-18)9-15(26)22-11-4-7-13-14(8-11)32-19(20,21)31-13/h2-8H,9H2,1H3,(H,22,26)(H,23,28). The van der Waals surface area contributed by atoms with Crippen LogP contribution in [0, 0.1) is 10.1 Å². The maximum absolute atomic E-state index is 13.1. The third kappa shape index (κ3) is 3.64. The summed E-state index contributed by atoms with van der Waals surface area (Å²) in [6.07, 6.45) is -3.81. The summed E-state index contributed by atoms with van der Waals surface area (Å²) in [6, 6.07) is 7.79. The van der Waals surface area contributed by atoms with Crippen molar-refractivity contribution in [2.75, 3.05) is 11.9 Å². The summed E-state index contributed by atoms with van der Waals surface area (Å²) in [5.74, 6) is -2.00. The van der Waals surface area contributed by atoms with Gasteiger partial charge in [-0.1, -0.05) is 0 Å². The smallest absolute Gasteiger partial charge is 0.395 e. The zero-order valence-electron chi connectivity index (χ0n) is 16.3. The average molecular weight is 448 g/mol. The van der Waals surface area contributed by atoms with Crippen LogP contribution in [-0.2, 0) is 15.1 Å². The number of halogens is 2. The first-order valence-corrected chi connectivity index (χ1v) is 9.07. The van der Waals surface area contributed by atoms with Gasteiger partial charge in [0.1, 0.15) is 12.1 Å². The van der Waals surface area contributed by atoms with Crippen LogP contribution in [0.1, 0.15) is 12.5 Å². The normalized spacial score (nSPS) is 20.8. The summed E-state index contributed by atoms with van der Waals surface area (Å²) < 4.78 is 34.8. The van der Waals surface area contributed by atoms with Gasteiger partial charge in [0.25, 0.3) is 11.6 Å². The number of rotatable bonds is 5. The van der Waals surface area contributed by atoms with E-state index in [1.807, 2.05) is 0 Å². The number of nitrogens with one attached hydrogen (secondary N) is 2. The molecule has 1 saturated heterocycles. The molecule has 2 aromatic rings. The quantitative estimate of drug-likeness (QED) is 0.406. The van der Waals surface area contributed by atoms with Crippen LogP contribution in [0.4, 0.5) is 25.0 Å². The van der Waals surface area contributed by atoms with E-state index >= 15 is 0 Å². The third-order valence-corrected chi connectivity index (χ3v) is 4.92. The van der Waals surface area contributed by atoms with E-state index in [0.29, 0.717) is 10.5 Å². The second-order valence-corrected chi connectivity index (χ2v) is 7.13. The largest absolute Gasteiger partial charge is 0.586 e. The molecule has 11 nitrogen and oxygen atoms in total. The predicted octanol–water partition coefficient (Wildman–Crippen LogP) is 2.32. The lowest BCUT2D eigenvalue weighted by Crippen LogP contribution is -2.42. The highest BCUT2D eigenvalue weighted by Gasteiger charge is 2.49. The molecule has 0 aromatic heterocycles. The number of amides is 4. The number of benzene rings is 2. The molecule has 0 radical (unpaired) electrons. The fraction of sp³-hybridized carbons (Fsp3) is 0.211. The molecule has 4 rings (SSSR count). The number of nitrogens with zero attached hydrogens (tertiary/aromatic N) is 2. The monoisotopic (exact) mass is 448 g/mol. The minimum atomic E-state index is -3.81. The summed E-state index contributed by atoms with van der Waals surface area (Å²) in [6.45, 7) is 0.752. The number of anilines is 1. The number of urea groups is 1. The molecule has 2 aliphatic rings. The molecule has 1 unspecified atom stereocenters. The molecule has 2 heterocycles. The highest BCUT2D eigenvalue weighted by molar-refractivity contribution is 6.10. The molecule has 4 amide bonds. The van der Waals surface area contributed by atoms with Crippen LogP contribution in [0.3, 0.4) is 0 Å². The number of ether oxygens (including phenoxy) is 2. The molecule has 2 aliphatic heterocycles. The Kier molecular flexibility index (Phi) is 4.68. The summed E-state index contributed by atoms with van der Waals surface area (Å²) in [5, 5.41) is 15.7. The second-order valence-electron chi connectivity index (χ2n) is 7.13. The van der Waals surface area contributed by atoms with Crippen LogP contribution < -0.4 is 20.1 Å². The Balaban J connectivity index is 1.46. The van der Waals surface area contributed by atoms with Crippen LogP contribution >= 0.6 is 0 Å². The van der Waals surface area contributed by atoms with E-state index in [-0.39, 0.29) is 22.9 Å². The van der Waals surface area contributed by atoms with E-state index in [9.17, 15) is 33.3 Å². The van der Waals surface area contributed by atoms with Crippen molar-refractivity contribution in [2.45, 2.75) is 18.8 Å². The number of hydrogen-bond acceptors (Lipinski definition) is 7. The summed E-state index contributed by atoms with van der Waals surface area (Å²) >= 11 is 0. The Morgan fingerprint density at radius 3 is 2.47 bits per heavy atom. The predicted molar refractivity (Wildman–Crippen MR) is 102 cm³/mol. The van der Waals surface area contributed by atoms with Crippen LogP contribution in [0.5, 0.6) is 11.5 Å². The number of imide groups is 1. The van der Waals surface area contributed by atoms with Gasteiger partial charge < -0.3 is 20.1 Å². The van der Waals surface area contributed by atoms with Gasteiger partial charge in [-0.05, 0) is 36.8 Å². The summed E-state index contributed by atoms with van der Waals surface area (Å²) in [5.41, 5.74) is -1.34. The highest BCUT2D eigenvalue weighted by Crippen LogP contribution is 2.42. The van der Waals surface area contributed by atoms with E-state index in [0.717, 1.165) is 6.07 Å². The fourth-order valence-electron chi connectivity index (χ4n) is 3.32. The molecule has 1 fully saturated rings. The van der Waals surface area contributed by atoms with E-state index in [1.54, 1.807) is 0 Å². The van der Waals surface area contributed by atoms with Gasteiger partial charge in [0.15, 0.2) is 11.5 Å². The van der Waals surface area contributed by atoms with Crippen LogP contribution in [-0.4, -0.2) is 40.5 Å². The van der Waals surface area contributed by atoms with Crippen molar-refractivity contribution >= 4 is 29.2 Å². The minimum Gasteiger partial charge on any atom is -0.395 e. The van der Waals surface area contributed by atoms with Crippen molar-refractivity contribution in [3.8, 4) is 11.5 Å². The van der Waals surface area contributed by atoms with Gasteiger partial charge >= 0.3 is 12.3 Å². The van der Waals surface area contributed by atoms with Crippen molar-refractivity contribution in [2.24, 2.45) is 0 Å². The number of fused-ring (bicyclic) bond motifs is 1. The summed E-state index contributed by atoms with van der Waals surface area (Å²) in [4.78, 5) is 48.5. The van der Waals surface area contributed by atoms with Gasteiger partial charge in [0.05, 0.1) is 4.92 Å². The second kappa shape index (κ2) is 7.14. The molecule has 2 aromatic carbocycles.